The number of hydrogen-bond donors (Lipinski definition) is 0. The number of allylic oxidation sites excluding steroid dienone is 14. The summed E-state index contributed by atoms with van der Waals surface area (Å²) in [4.78, 5) is 38.2. The van der Waals surface area contributed by atoms with Crippen LogP contribution in [-0.2, 0) is 28.6 Å². The molecule has 0 aromatic carbocycles. The first kappa shape index (κ1) is 68.6. The Hall–Kier alpha value is -3.41. The van der Waals surface area contributed by atoms with Crippen molar-refractivity contribution in [3.8, 4) is 0 Å². The molecule has 0 N–H and O–H groups in total. The van der Waals surface area contributed by atoms with Gasteiger partial charge in [0.2, 0.25) is 0 Å². The number of ether oxygens (including phenoxy) is 3. The second kappa shape index (κ2) is 60.1. The molecule has 0 aromatic rings. The zero-order chi connectivity index (χ0) is 52.2. The molecule has 0 radical (unpaired) electrons. The lowest BCUT2D eigenvalue weighted by molar-refractivity contribution is -0.166. The van der Waals surface area contributed by atoms with Crippen molar-refractivity contribution in [1.29, 1.82) is 0 Å². The lowest BCUT2D eigenvalue weighted by Gasteiger charge is -2.18. The molecule has 0 aromatic heterocycles. The molecular weight excluding hydrogens is 889 g/mol. The zero-order valence-electron chi connectivity index (χ0n) is 47.4. The molecule has 0 fully saturated rings. The normalized spacial score (nSPS) is 12.7. The number of carbonyl (C=O) groups is 3. The minimum atomic E-state index is -0.811. The molecule has 1 atom stereocenters. The van der Waals surface area contributed by atoms with Crippen molar-refractivity contribution in [2.24, 2.45) is 0 Å². The van der Waals surface area contributed by atoms with Crippen LogP contribution >= 0.6 is 0 Å². The molecule has 0 heterocycles. The van der Waals surface area contributed by atoms with E-state index in [9.17, 15) is 14.4 Å². The van der Waals surface area contributed by atoms with E-state index in [4.69, 9.17) is 14.2 Å². The van der Waals surface area contributed by atoms with Gasteiger partial charge in [0.1, 0.15) is 13.2 Å². The Morgan fingerprint density at radius 1 is 0.292 bits per heavy atom. The second-order valence-corrected chi connectivity index (χ2v) is 20.2. The molecule has 0 aliphatic carbocycles. The first-order valence-electron chi connectivity index (χ1n) is 30.6. The molecule has 0 spiro atoms. The number of carbonyl (C=O) groups excluding carboxylic acids is 3. The van der Waals surface area contributed by atoms with Crippen LogP contribution in [0.25, 0.3) is 0 Å². The van der Waals surface area contributed by atoms with Crippen LogP contribution < -0.4 is 0 Å². The zero-order valence-corrected chi connectivity index (χ0v) is 47.4. The van der Waals surface area contributed by atoms with Gasteiger partial charge in [-0.3, -0.25) is 14.4 Å². The number of rotatable bonds is 55. The van der Waals surface area contributed by atoms with Crippen molar-refractivity contribution in [3.63, 3.8) is 0 Å². The molecule has 0 aliphatic heterocycles. The monoisotopic (exact) mass is 1000 g/mol. The first-order chi connectivity index (χ1) is 35.5. The van der Waals surface area contributed by atoms with Crippen LogP contribution in [0, 0.1) is 0 Å². The summed E-state index contributed by atoms with van der Waals surface area (Å²) in [6.45, 7) is 6.46. The Labute approximate surface area is 445 Å². The Morgan fingerprint density at radius 2 is 0.569 bits per heavy atom. The van der Waals surface area contributed by atoms with E-state index in [0.717, 1.165) is 77.0 Å². The van der Waals surface area contributed by atoms with E-state index in [2.05, 4.69) is 99.8 Å². The average molecular weight is 1000 g/mol. The first-order valence-corrected chi connectivity index (χ1v) is 30.6. The average Bonchev–Trinajstić information content (AvgIpc) is 3.38. The van der Waals surface area contributed by atoms with Gasteiger partial charge in [0, 0.05) is 19.3 Å². The SMILES string of the molecule is CC/C=C\C/C=C\C/C=C\C/C=C\CCC(=O)OCC(COC(=O)CCCCCCCCCCCCC/C=C\CCCCCCCCCC)OC(=O)CCCCCCCCC/C=C\C/C=C\CCCCCC. The van der Waals surface area contributed by atoms with Crippen LogP contribution in [0.1, 0.15) is 297 Å². The predicted molar refractivity (Wildman–Crippen MR) is 311 cm³/mol. The van der Waals surface area contributed by atoms with E-state index in [1.54, 1.807) is 0 Å². The van der Waals surface area contributed by atoms with E-state index in [1.165, 1.54) is 173 Å². The number of hydrogen-bond acceptors (Lipinski definition) is 6. The highest BCUT2D eigenvalue weighted by atomic mass is 16.6. The van der Waals surface area contributed by atoms with Crippen LogP contribution in [-0.4, -0.2) is 37.2 Å². The Balaban J connectivity index is 4.37. The molecule has 0 rings (SSSR count). The van der Waals surface area contributed by atoms with Crippen LogP contribution in [0.5, 0.6) is 0 Å². The summed E-state index contributed by atoms with van der Waals surface area (Å²) in [6.07, 6.45) is 78.9. The third-order valence-electron chi connectivity index (χ3n) is 13.1. The molecule has 0 amide bonds. The van der Waals surface area contributed by atoms with Crippen molar-refractivity contribution in [2.45, 2.75) is 303 Å². The molecule has 0 bridgehead atoms. The van der Waals surface area contributed by atoms with Crippen molar-refractivity contribution in [1.82, 2.24) is 0 Å². The summed E-state index contributed by atoms with van der Waals surface area (Å²) in [6, 6.07) is 0. The quantitative estimate of drug-likeness (QED) is 0.0261. The molecular formula is C66H114O6. The molecule has 0 aliphatic rings. The summed E-state index contributed by atoms with van der Waals surface area (Å²) in [5, 5.41) is 0. The summed E-state index contributed by atoms with van der Waals surface area (Å²) in [5.74, 6) is -0.987. The highest BCUT2D eigenvalue weighted by Gasteiger charge is 2.19. The smallest absolute Gasteiger partial charge is 0.306 e. The van der Waals surface area contributed by atoms with E-state index in [-0.39, 0.29) is 37.5 Å². The maximum absolute atomic E-state index is 12.9. The van der Waals surface area contributed by atoms with Gasteiger partial charge in [0.05, 0.1) is 0 Å². The van der Waals surface area contributed by atoms with Gasteiger partial charge >= 0.3 is 17.9 Å². The lowest BCUT2D eigenvalue weighted by atomic mass is 10.0. The van der Waals surface area contributed by atoms with E-state index in [1.807, 2.05) is 6.08 Å². The Morgan fingerprint density at radius 3 is 0.958 bits per heavy atom. The predicted octanol–water partition coefficient (Wildman–Crippen LogP) is 20.7. The van der Waals surface area contributed by atoms with Crippen molar-refractivity contribution in [3.05, 3.63) is 85.1 Å². The fraction of sp³-hybridized carbons (Fsp3) is 0.742. The van der Waals surface area contributed by atoms with Crippen LogP contribution in [0.15, 0.2) is 85.1 Å². The van der Waals surface area contributed by atoms with E-state index >= 15 is 0 Å². The van der Waals surface area contributed by atoms with Gasteiger partial charge in [-0.15, -0.1) is 0 Å². The highest BCUT2D eigenvalue weighted by Crippen LogP contribution is 2.16. The van der Waals surface area contributed by atoms with Crippen LogP contribution in [0.2, 0.25) is 0 Å². The third kappa shape index (κ3) is 57.5. The molecule has 72 heavy (non-hydrogen) atoms. The van der Waals surface area contributed by atoms with E-state index < -0.39 is 6.10 Å². The fourth-order valence-electron chi connectivity index (χ4n) is 8.54. The van der Waals surface area contributed by atoms with Gasteiger partial charge in [-0.2, -0.15) is 0 Å². The van der Waals surface area contributed by atoms with Crippen molar-refractivity contribution < 1.29 is 28.6 Å². The maximum Gasteiger partial charge on any atom is 0.306 e. The lowest BCUT2D eigenvalue weighted by Crippen LogP contribution is -2.30. The van der Waals surface area contributed by atoms with E-state index in [0.29, 0.717) is 19.3 Å². The molecule has 0 saturated carbocycles. The van der Waals surface area contributed by atoms with Crippen molar-refractivity contribution in [2.75, 3.05) is 13.2 Å². The largest absolute Gasteiger partial charge is 0.462 e. The van der Waals surface area contributed by atoms with Gasteiger partial charge in [-0.25, -0.2) is 0 Å². The standard InChI is InChI=1S/C66H114O6/c1-4-7-10-13-16-19-22-25-27-29-31-32-33-34-35-37-38-41-44-47-50-53-56-59-65(68)71-62-63(61-70-64(67)58-55-52-49-46-43-40-24-21-18-15-12-9-6-3)72-66(69)60-57-54-51-48-45-42-39-36-30-28-26-23-20-17-14-11-8-5-2/h9,12,18,20-21,23,28-31,40,43,49,52,63H,4-8,10-11,13-17,19,22,24-27,32-39,41-42,44-48,50-51,53-62H2,1-3H3/b12-9-,21-18-,23-20-,30-28-,31-29-,43-40-,52-49-. The van der Waals surface area contributed by atoms with Crippen LogP contribution in [0.3, 0.4) is 0 Å². The third-order valence-corrected chi connectivity index (χ3v) is 13.1. The summed E-state index contributed by atoms with van der Waals surface area (Å²) < 4.78 is 16.8. The van der Waals surface area contributed by atoms with Gasteiger partial charge in [0.15, 0.2) is 6.10 Å². The van der Waals surface area contributed by atoms with Crippen molar-refractivity contribution >= 4 is 17.9 Å². The van der Waals surface area contributed by atoms with Gasteiger partial charge in [-0.1, -0.05) is 260 Å². The maximum atomic E-state index is 12.9. The van der Waals surface area contributed by atoms with Gasteiger partial charge in [-0.05, 0) is 103 Å². The number of esters is 3. The summed E-state index contributed by atoms with van der Waals surface area (Å²) in [5.41, 5.74) is 0. The van der Waals surface area contributed by atoms with Crippen LogP contribution in [0.4, 0.5) is 0 Å². The molecule has 1 unspecified atom stereocenters. The summed E-state index contributed by atoms with van der Waals surface area (Å²) in [7, 11) is 0. The molecule has 6 nitrogen and oxygen atoms in total. The molecule has 414 valence electrons. The molecule has 6 heteroatoms. The summed E-state index contributed by atoms with van der Waals surface area (Å²) >= 11 is 0. The minimum Gasteiger partial charge on any atom is -0.462 e. The van der Waals surface area contributed by atoms with Gasteiger partial charge in [0.25, 0.3) is 0 Å². The highest BCUT2D eigenvalue weighted by molar-refractivity contribution is 5.71. The topological polar surface area (TPSA) is 78.9 Å². The second-order valence-electron chi connectivity index (χ2n) is 20.2. The minimum absolute atomic E-state index is 0.101. The Bertz CT molecular complexity index is 1380. The fourth-order valence-corrected chi connectivity index (χ4v) is 8.54. The number of unbranched alkanes of at least 4 members (excludes halogenated alkanes) is 30. The Kier molecular flexibility index (Phi) is 57.3. The molecule has 0 saturated heterocycles. The van der Waals surface area contributed by atoms with Gasteiger partial charge < -0.3 is 14.2 Å².